The Labute approximate surface area is 221 Å². The molecule has 0 saturated carbocycles. The molecular formula is C30H30N4O4. The normalized spacial score (nSPS) is 16.9. The Kier molecular flexibility index (Phi) is 6.96. The van der Waals surface area contributed by atoms with Crippen molar-refractivity contribution in [2.45, 2.75) is 46.2 Å². The summed E-state index contributed by atoms with van der Waals surface area (Å²) in [6.07, 6.45) is 7.09. The number of fused-ring (bicyclic) bond motifs is 1. The number of Topliss-reactive ketones (excluding diaryl/α,β-unsaturated/α-hetero) is 1. The van der Waals surface area contributed by atoms with Crippen molar-refractivity contribution in [3.8, 4) is 5.75 Å². The number of aryl methyl sites for hydroxylation is 2. The molecular weight excluding hydrogens is 480 g/mol. The van der Waals surface area contributed by atoms with Crippen LogP contribution < -0.4 is 4.74 Å². The van der Waals surface area contributed by atoms with E-state index in [1.165, 1.54) is 4.90 Å². The fraction of sp³-hybridized carbons (Fsp3) is 0.267. The molecule has 1 unspecified atom stereocenters. The van der Waals surface area contributed by atoms with Crippen molar-refractivity contribution in [3.05, 3.63) is 101 Å². The summed E-state index contributed by atoms with van der Waals surface area (Å²) in [4.78, 5) is 37.2. The minimum Gasteiger partial charge on any atom is -0.505 e. The molecule has 1 aliphatic rings. The van der Waals surface area contributed by atoms with E-state index in [4.69, 9.17) is 4.74 Å². The van der Waals surface area contributed by atoms with Crippen molar-refractivity contribution >= 4 is 23.1 Å². The average Bonchev–Trinajstić information content (AvgIpc) is 3.39. The first-order valence-electron chi connectivity index (χ1n) is 12.8. The number of carbonyl (C=O) groups is 2. The molecule has 1 aromatic carbocycles. The van der Waals surface area contributed by atoms with Gasteiger partial charge in [-0.1, -0.05) is 37.6 Å². The number of pyridine rings is 2. The summed E-state index contributed by atoms with van der Waals surface area (Å²) in [5, 5.41) is 11.6. The van der Waals surface area contributed by atoms with Gasteiger partial charge in [0.25, 0.3) is 11.7 Å². The van der Waals surface area contributed by atoms with Gasteiger partial charge in [-0.25, -0.2) is 4.98 Å². The first kappa shape index (κ1) is 25.2. The fourth-order valence-corrected chi connectivity index (χ4v) is 4.86. The lowest BCUT2D eigenvalue weighted by molar-refractivity contribution is -0.140. The number of hydrogen-bond acceptors (Lipinski definition) is 6. The predicted molar refractivity (Wildman–Crippen MR) is 144 cm³/mol. The second-order valence-corrected chi connectivity index (χ2v) is 9.49. The van der Waals surface area contributed by atoms with Crippen molar-refractivity contribution < 1.29 is 19.4 Å². The van der Waals surface area contributed by atoms with E-state index in [-0.39, 0.29) is 23.6 Å². The number of rotatable bonds is 8. The molecule has 0 aliphatic carbocycles. The van der Waals surface area contributed by atoms with Gasteiger partial charge >= 0.3 is 0 Å². The number of aromatic nitrogens is 3. The number of unbranched alkanes of at least 4 members (excludes halogenated alkanes) is 1. The van der Waals surface area contributed by atoms with E-state index < -0.39 is 17.7 Å². The third kappa shape index (κ3) is 4.53. The lowest BCUT2D eigenvalue weighted by Gasteiger charge is -2.25. The molecule has 38 heavy (non-hydrogen) atoms. The summed E-state index contributed by atoms with van der Waals surface area (Å²) in [5.41, 5.74) is 4.01. The number of benzene rings is 1. The molecule has 1 aliphatic heterocycles. The van der Waals surface area contributed by atoms with E-state index in [9.17, 15) is 14.7 Å². The highest BCUT2D eigenvalue weighted by molar-refractivity contribution is 6.46. The lowest BCUT2D eigenvalue weighted by Crippen LogP contribution is -2.29. The van der Waals surface area contributed by atoms with Gasteiger partial charge < -0.3 is 19.1 Å². The van der Waals surface area contributed by atoms with Gasteiger partial charge in [0.2, 0.25) is 0 Å². The number of ketones is 1. The van der Waals surface area contributed by atoms with Crippen LogP contribution in [0.1, 0.15) is 53.9 Å². The number of carbonyl (C=O) groups excluding carboxylic acids is 2. The molecule has 4 aromatic rings. The highest BCUT2D eigenvalue weighted by Crippen LogP contribution is 2.41. The van der Waals surface area contributed by atoms with Crippen LogP contribution in [0.4, 0.5) is 0 Å². The van der Waals surface area contributed by atoms with Gasteiger partial charge in [-0.05, 0) is 61.2 Å². The molecule has 4 heterocycles. The summed E-state index contributed by atoms with van der Waals surface area (Å²) in [6, 6.07) is 14.0. The summed E-state index contributed by atoms with van der Waals surface area (Å²) < 4.78 is 7.78. The molecule has 1 saturated heterocycles. The van der Waals surface area contributed by atoms with E-state index in [0.29, 0.717) is 29.3 Å². The second kappa shape index (κ2) is 10.5. The van der Waals surface area contributed by atoms with E-state index >= 15 is 0 Å². The number of hydrogen-bond donors (Lipinski definition) is 1. The maximum Gasteiger partial charge on any atom is 0.295 e. The second-order valence-electron chi connectivity index (χ2n) is 9.49. The van der Waals surface area contributed by atoms with Crippen LogP contribution in [-0.2, 0) is 16.1 Å². The number of amides is 1. The largest absolute Gasteiger partial charge is 0.505 e. The van der Waals surface area contributed by atoms with E-state index in [0.717, 1.165) is 24.0 Å². The summed E-state index contributed by atoms with van der Waals surface area (Å²) in [5.74, 6) is -1.08. The van der Waals surface area contributed by atoms with Gasteiger partial charge in [0.15, 0.2) is 5.76 Å². The lowest BCUT2D eigenvalue weighted by atomic mass is 9.96. The topological polar surface area (TPSA) is 97.0 Å². The smallest absolute Gasteiger partial charge is 0.295 e. The van der Waals surface area contributed by atoms with Crippen molar-refractivity contribution in [2.75, 3.05) is 6.61 Å². The molecule has 0 bridgehead atoms. The van der Waals surface area contributed by atoms with Crippen LogP contribution in [0.3, 0.4) is 0 Å². The van der Waals surface area contributed by atoms with Gasteiger partial charge in [0.05, 0.1) is 23.9 Å². The standard InChI is InChI=1S/C30H30N4O4/c1-4-5-15-38-23-12-6-11-22(16-23)26-24(28(36)30(37)34(26)18-21-10-7-13-31-17-21)27(35)25-20(3)33-14-8-9-19(2)29(33)32-25/h6-14,16-17,26,35H,4-5,15,18H2,1-3H3. The van der Waals surface area contributed by atoms with Crippen LogP contribution in [0.15, 0.2) is 72.7 Å². The zero-order valence-electron chi connectivity index (χ0n) is 21.7. The maximum atomic E-state index is 13.5. The van der Waals surface area contributed by atoms with Gasteiger partial charge in [-0.3, -0.25) is 14.6 Å². The Balaban J connectivity index is 1.66. The first-order chi connectivity index (χ1) is 18.4. The van der Waals surface area contributed by atoms with Crippen LogP contribution in [0.2, 0.25) is 0 Å². The van der Waals surface area contributed by atoms with Crippen LogP contribution in [0, 0.1) is 13.8 Å². The quantitative estimate of drug-likeness (QED) is 0.152. The van der Waals surface area contributed by atoms with Crippen molar-refractivity contribution in [3.63, 3.8) is 0 Å². The fourth-order valence-electron chi connectivity index (χ4n) is 4.86. The third-order valence-electron chi connectivity index (χ3n) is 6.86. The van der Waals surface area contributed by atoms with Crippen LogP contribution in [-0.4, -0.2) is 42.7 Å². The van der Waals surface area contributed by atoms with Crippen LogP contribution in [0.5, 0.6) is 5.75 Å². The highest BCUT2D eigenvalue weighted by Gasteiger charge is 2.46. The molecule has 8 nitrogen and oxygen atoms in total. The van der Waals surface area contributed by atoms with Crippen LogP contribution >= 0.6 is 0 Å². The van der Waals surface area contributed by atoms with E-state index in [1.54, 1.807) is 18.5 Å². The van der Waals surface area contributed by atoms with Crippen molar-refractivity contribution in [1.82, 2.24) is 19.3 Å². The molecule has 3 aromatic heterocycles. The summed E-state index contributed by atoms with van der Waals surface area (Å²) in [6.45, 7) is 6.58. The number of nitrogens with zero attached hydrogens (tertiary/aromatic N) is 4. The van der Waals surface area contributed by atoms with Gasteiger partial charge in [-0.2, -0.15) is 0 Å². The zero-order chi connectivity index (χ0) is 26.8. The number of aliphatic hydroxyl groups is 1. The molecule has 1 atom stereocenters. The molecule has 1 amide bonds. The predicted octanol–water partition coefficient (Wildman–Crippen LogP) is 5.15. The molecule has 0 radical (unpaired) electrons. The Morgan fingerprint density at radius 3 is 2.68 bits per heavy atom. The van der Waals surface area contributed by atoms with Gasteiger partial charge in [-0.15, -0.1) is 0 Å². The highest BCUT2D eigenvalue weighted by atomic mass is 16.5. The Morgan fingerprint density at radius 1 is 1.11 bits per heavy atom. The number of imidazole rings is 1. The van der Waals surface area contributed by atoms with E-state index in [1.807, 2.05) is 66.9 Å². The average molecular weight is 511 g/mol. The molecule has 8 heteroatoms. The van der Waals surface area contributed by atoms with Crippen molar-refractivity contribution in [2.24, 2.45) is 0 Å². The first-order valence-corrected chi connectivity index (χ1v) is 12.8. The molecule has 194 valence electrons. The monoisotopic (exact) mass is 510 g/mol. The zero-order valence-corrected chi connectivity index (χ0v) is 21.7. The van der Waals surface area contributed by atoms with E-state index in [2.05, 4.69) is 16.9 Å². The van der Waals surface area contributed by atoms with Crippen molar-refractivity contribution in [1.29, 1.82) is 0 Å². The minimum atomic E-state index is -0.824. The number of ether oxygens (including phenoxy) is 1. The minimum absolute atomic E-state index is 0.00811. The molecule has 0 spiro atoms. The SMILES string of the molecule is CCCCOc1cccc(C2C(=C(O)c3nc4c(C)cccn4c3C)C(=O)C(=O)N2Cc2cccnc2)c1. The maximum absolute atomic E-state index is 13.5. The number of aliphatic hydroxyl groups excluding tert-OH is 1. The molecule has 1 N–H and O–H groups in total. The molecule has 5 rings (SSSR count). The number of likely N-dealkylation sites (tertiary alicyclic amines) is 1. The van der Waals surface area contributed by atoms with Crippen LogP contribution in [0.25, 0.3) is 11.4 Å². The Morgan fingerprint density at radius 2 is 1.95 bits per heavy atom. The van der Waals surface area contributed by atoms with Gasteiger partial charge in [0.1, 0.15) is 17.1 Å². The Bertz CT molecular complexity index is 1540. The summed E-state index contributed by atoms with van der Waals surface area (Å²) in [7, 11) is 0. The third-order valence-corrected chi connectivity index (χ3v) is 6.86. The summed E-state index contributed by atoms with van der Waals surface area (Å²) >= 11 is 0. The molecule has 1 fully saturated rings. The van der Waals surface area contributed by atoms with Gasteiger partial charge in [0, 0.05) is 25.1 Å². The Hall–Kier alpha value is -4.46.